The predicted octanol–water partition coefficient (Wildman–Crippen LogP) is 5.16. The van der Waals surface area contributed by atoms with Crippen molar-refractivity contribution >= 4 is 22.4 Å². The van der Waals surface area contributed by atoms with Crippen LogP contribution in [-0.2, 0) is 5.92 Å². The third kappa shape index (κ3) is 3.30. The lowest BCUT2D eigenvalue weighted by atomic mass is 9.99. The van der Waals surface area contributed by atoms with Gasteiger partial charge in [-0.3, -0.25) is 14.5 Å². The zero-order chi connectivity index (χ0) is 24.3. The molecule has 5 rings (SSSR count). The molecule has 0 saturated carbocycles. The van der Waals surface area contributed by atoms with Crippen LogP contribution in [0.3, 0.4) is 0 Å². The Morgan fingerprint density at radius 3 is 2.35 bits per heavy atom. The maximum Gasteiger partial charge on any atom is 0.459 e. The molecule has 0 bridgehead atoms. The normalized spacial score (nSPS) is 12.5. The fourth-order valence-electron chi connectivity index (χ4n) is 3.42. The molecule has 9 nitrogen and oxygen atoms in total. The maximum atomic E-state index is 14.4. The molecule has 0 N–H and O–H groups in total. The van der Waals surface area contributed by atoms with Crippen molar-refractivity contribution in [2.45, 2.75) is 12.1 Å². The van der Waals surface area contributed by atoms with Gasteiger partial charge in [-0.25, -0.2) is 9.97 Å². The van der Waals surface area contributed by atoms with E-state index in [1.807, 2.05) is 0 Å². The molecule has 0 spiro atoms. The van der Waals surface area contributed by atoms with Crippen LogP contribution in [0.1, 0.15) is 5.69 Å². The Hall–Kier alpha value is -4.49. The molecule has 14 heteroatoms. The van der Waals surface area contributed by atoms with Crippen LogP contribution in [0.2, 0.25) is 0 Å². The molecule has 34 heavy (non-hydrogen) atoms. The highest BCUT2D eigenvalue weighted by molar-refractivity contribution is 5.94. The van der Waals surface area contributed by atoms with Gasteiger partial charge in [0.15, 0.2) is 0 Å². The Balaban J connectivity index is 1.82. The average Bonchev–Trinajstić information content (AvgIpc) is 3.47. The highest BCUT2D eigenvalue weighted by atomic mass is 19.4. The molecule has 0 saturated heterocycles. The van der Waals surface area contributed by atoms with E-state index >= 15 is 0 Å². The third-order valence-electron chi connectivity index (χ3n) is 5.04. The molecule has 0 amide bonds. The molecule has 0 fully saturated rings. The smallest absolute Gasteiger partial charge is 0.422 e. The molecule has 5 aromatic rings. The van der Waals surface area contributed by atoms with E-state index in [1.165, 1.54) is 34.9 Å². The summed E-state index contributed by atoms with van der Waals surface area (Å²) in [7, 11) is 0. The van der Waals surface area contributed by atoms with Crippen molar-refractivity contribution in [3.8, 4) is 22.7 Å². The molecule has 0 aliphatic rings. The second-order valence-corrected chi connectivity index (χ2v) is 7.10. The van der Waals surface area contributed by atoms with E-state index in [1.54, 1.807) is 0 Å². The highest BCUT2D eigenvalue weighted by Gasteiger charge is 2.60. The largest absolute Gasteiger partial charge is 0.459 e. The zero-order valence-electron chi connectivity index (χ0n) is 16.5. The van der Waals surface area contributed by atoms with Gasteiger partial charge in [0.1, 0.15) is 22.7 Å². The van der Waals surface area contributed by atoms with Crippen LogP contribution >= 0.6 is 0 Å². The average molecular weight is 476 g/mol. The van der Waals surface area contributed by atoms with Crippen LogP contribution in [0.4, 0.5) is 27.6 Å². The molecular weight excluding hydrogens is 467 g/mol. The van der Waals surface area contributed by atoms with E-state index < -0.39 is 22.7 Å². The Kier molecular flexibility index (Phi) is 4.56. The molecule has 0 aliphatic heterocycles. The molecule has 0 radical (unpaired) electrons. The van der Waals surface area contributed by atoms with Crippen LogP contribution in [0.15, 0.2) is 59.5 Å². The summed E-state index contributed by atoms with van der Waals surface area (Å²) >= 11 is 0. The van der Waals surface area contributed by atoms with Gasteiger partial charge in [0.05, 0.1) is 4.92 Å². The van der Waals surface area contributed by atoms with Crippen LogP contribution in [0.5, 0.6) is 0 Å². The van der Waals surface area contributed by atoms with Crippen LogP contribution in [0.25, 0.3) is 39.4 Å². The number of fused-ring (bicyclic) bond motifs is 3. The van der Waals surface area contributed by atoms with E-state index in [-0.39, 0.29) is 45.1 Å². The first kappa shape index (κ1) is 21.4. The van der Waals surface area contributed by atoms with Crippen molar-refractivity contribution in [1.82, 2.24) is 24.6 Å². The lowest BCUT2D eigenvalue weighted by Gasteiger charge is -2.20. The molecule has 1 aromatic carbocycles. The summed E-state index contributed by atoms with van der Waals surface area (Å²) in [5, 5.41) is 18.4. The Morgan fingerprint density at radius 2 is 1.74 bits per heavy atom. The Bertz CT molecular complexity index is 1550. The monoisotopic (exact) mass is 476 g/mol. The number of nitrogens with zero attached hydrogens (tertiary/aromatic N) is 6. The number of pyridine rings is 2. The lowest BCUT2D eigenvalue weighted by molar-refractivity contribution is -0.384. The van der Waals surface area contributed by atoms with Gasteiger partial charge in [0.2, 0.25) is 6.39 Å². The number of imidazole rings is 1. The summed E-state index contributed by atoms with van der Waals surface area (Å²) in [6.07, 6.45) is -3.55. The molecule has 172 valence electrons. The van der Waals surface area contributed by atoms with Crippen molar-refractivity contribution in [2.24, 2.45) is 0 Å². The molecule has 4 aromatic heterocycles. The number of aromatic nitrogens is 5. The number of halogens is 5. The molecule has 0 aliphatic carbocycles. The summed E-state index contributed by atoms with van der Waals surface area (Å²) in [5.74, 6) is -5.27. The van der Waals surface area contributed by atoms with Crippen molar-refractivity contribution in [3.63, 3.8) is 0 Å². The summed E-state index contributed by atoms with van der Waals surface area (Å²) in [4.78, 5) is 18.2. The molecule has 0 unspecified atom stereocenters. The zero-order valence-corrected chi connectivity index (χ0v) is 16.5. The van der Waals surface area contributed by atoms with Crippen LogP contribution < -0.4 is 0 Å². The minimum Gasteiger partial charge on any atom is -0.422 e. The van der Waals surface area contributed by atoms with Crippen molar-refractivity contribution in [1.29, 1.82) is 0 Å². The summed E-state index contributed by atoms with van der Waals surface area (Å²) in [5.41, 5.74) is -1.59. The SMILES string of the molecule is O=[N+]([O-])c1ccc(-c2cc(C(F)(F)C(F)(F)F)nc3c2ccc2nc(-c4nnco4)cn23)cc1. The number of non-ortho nitro benzene ring substituents is 1. The molecule has 0 atom stereocenters. The van der Waals surface area contributed by atoms with Gasteiger partial charge in [0, 0.05) is 23.7 Å². The number of nitro groups is 1. The first-order valence-electron chi connectivity index (χ1n) is 9.35. The van der Waals surface area contributed by atoms with Gasteiger partial charge < -0.3 is 4.42 Å². The van der Waals surface area contributed by atoms with Gasteiger partial charge in [-0.15, -0.1) is 10.2 Å². The fraction of sp³-hybridized carbons (Fsp3) is 0.100. The predicted molar refractivity (Wildman–Crippen MR) is 106 cm³/mol. The van der Waals surface area contributed by atoms with Gasteiger partial charge in [-0.1, -0.05) is 0 Å². The van der Waals surface area contributed by atoms with Gasteiger partial charge in [-0.05, 0) is 41.5 Å². The minimum atomic E-state index is -5.90. The Labute approximate surface area is 184 Å². The van der Waals surface area contributed by atoms with Crippen LogP contribution in [0, 0.1) is 10.1 Å². The Morgan fingerprint density at radius 1 is 1.00 bits per heavy atom. The quantitative estimate of drug-likeness (QED) is 0.200. The first-order valence-corrected chi connectivity index (χ1v) is 9.35. The van der Waals surface area contributed by atoms with E-state index in [2.05, 4.69) is 20.2 Å². The van der Waals surface area contributed by atoms with Crippen LogP contribution in [-0.4, -0.2) is 35.7 Å². The standard InChI is InChI=1S/C20H9F5N6O3/c21-19(22,20(23,24)25)15-7-13(10-1-3-11(4-2-10)31(32)33)12-5-6-16-27-14(18-29-26-9-34-18)8-30(16)17(12)28-15/h1-9H. The van der Waals surface area contributed by atoms with E-state index in [0.717, 1.165) is 18.5 Å². The van der Waals surface area contributed by atoms with E-state index in [0.29, 0.717) is 6.07 Å². The van der Waals surface area contributed by atoms with Crippen molar-refractivity contribution in [2.75, 3.05) is 0 Å². The number of benzene rings is 1. The number of hydrogen-bond acceptors (Lipinski definition) is 7. The third-order valence-corrected chi connectivity index (χ3v) is 5.04. The topological polar surface area (TPSA) is 112 Å². The van der Waals surface area contributed by atoms with Crippen molar-refractivity contribution in [3.05, 3.63) is 70.9 Å². The minimum absolute atomic E-state index is 0.00391. The maximum absolute atomic E-state index is 14.4. The van der Waals surface area contributed by atoms with Crippen molar-refractivity contribution < 1.29 is 31.3 Å². The summed E-state index contributed by atoms with van der Waals surface area (Å²) in [6, 6.07) is 8.32. The summed E-state index contributed by atoms with van der Waals surface area (Å²) in [6.45, 7) is 0. The second kappa shape index (κ2) is 7.26. The number of rotatable bonds is 4. The highest BCUT2D eigenvalue weighted by Crippen LogP contribution is 2.45. The van der Waals surface area contributed by atoms with E-state index in [9.17, 15) is 32.1 Å². The number of alkyl halides is 5. The summed E-state index contributed by atoms with van der Waals surface area (Å²) < 4.78 is 74.5. The lowest BCUT2D eigenvalue weighted by Crippen LogP contribution is -2.34. The molecule has 4 heterocycles. The first-order chi connectivity index (χ1) is 16.1. The van der Waals surface area contributed by atoms with Gasteiger partial charge in [-0.2, -0.15) is 22.0 Å². The number of hydrogen-bond donors (Lipinski definition) is 0. The molecular formula is C20H9F5N6O3. The second-order valence-electron chi connectivity index (χ2n) is 7.10. The van der Waals surface area contributed by atoms with Gasteiger partial charge in [0.25, 0.3) is 11.6 Å². The van der Waals surface area contributed by atoms with E-state index in [4.69, 9.17) is 4.42 Å². The fourth-order valence-corrected chi connectivity index (χ4v) is 3.42. The van der Waals surface area contributed by atoms with Gasteiger partial charge >= 0.3 is 12.1 Å². The number of nitro benzene ring substituents is 1.